The van der Waals surface area contributed by atoms with Crippen molar-refractivity contribution in [2.24, 2.45) is 0 Å². The Labute approximate surface area is 167 Å². The molecule has 3 aromatic heterocycles. The number of carbonyl (C=O) groups excluding carboxylic acids is 2. The third-order valence-electron chi connectivity index (χ3n) is 4.40. The second-order valence-corrected chi connectivity index (χ2v) is 6.32. The van der Waals surface area contributed by atoms with Crippen molar-refractivity contribution < 1.29 is 36.7 Å². The second kappa shape index (κ2) is 8.13. The molecule has 0 bridgehead atoms. The van der Waals surface area contributed by atoms with Crippen LogP contribution in [0, 0.1) is 13.8 Å². The molecule has 0 N–H and O–H groups in total. The highest BCUT2D eigenvalue weighted by molar-refractivity contribution is 5.90. The Hall–Kier alpha value is -3.44. The number of furan rings is 1. The number of ether oxygens (including phenoxy) is 2. The normalized spacial score (nSPS) is 11.7. The standard InChI is InChI=1S/C18H17F3N4O5/c1-9-11(10(2)25-17(22-9)23-16(24-25)18(19,20)21)4-5-14(26)30-8-13-12(6-7-29-13)15(27)28-3/h6-7H,4-5,8H2,1-3H3. The largest absolute Gasteiger partial charge is 0.465 e. The molecular formula is C18H17F3N4O5. The van der Waals surface area contributed by atoms with Gasteiger partial charge in [0.1, 0.15) is 12.2 Å². The number of halogens is 3. The number of rotatable bonds is 6. The third kappa shape index (κ3) is 4.26. The summed E-state index contributed by atoms with van der Waals surface area (Å²) in [5, 5.41) is 3.46. The fourth-order valence-corrected chi connectivity index (χ4v) is 2.88. The molecule has 0 fully saturated rings. The number of fused-ring (bicyclic) bond motifs is 1. The summed E-state index contributed by atoms with van der Waals surface area (Å²) >= 11 is 0. The monoisotopic (exact) mass is 426 g/mol. The van der Waals surface area contributed by atoms with Gasteiger partial charge in [-0.25, -0.2) is 14.3 Å². The van der Waals surface area contributed by atoms with Crippen LogP contribution < -0.4 is 0 Å². The van der Waals surface area contributed by atoms with Gasteiger partial charge in [-0.05, 0) is 31.9 Å². The Morgan fingerprint density at radius 3 is 2.63 bits per heavy atom. The molecule has 0 amide bonds. The Kier molecular flexibility index (Phi) is 5.76. The molecule has 0 unspecified atom stereocenters. The summed E-state index contributed by atoms with van der Waals surface area (Å²) in [6.07, 6.45) is -3.31. The van der Waals surface area contributed by atoms with Crippen molar-refractivity contribution in [3.05, 3.63) is 46.4 Å². The second-order valence-electron chi connectivity index (χ2n) is 6.32. The van der Waals surface area contributed by atoms with Crippen LogP contribution in [0.2, 0.25) is 0 Å². The average Bonchev–Trinajstić information content (AvgIpc) is 3.32. The van der Waals surface area contributed by atoms with Crippen LogP contribution in [-0.4, -0.2) is 38.6 Å². The summed E-state index contributed by atoms with van der Waals surface area (Å²) in [6, 6.07) is 1.40. The van der Waals surface area contributed by atoms with Gasteiger partial charge in [0.2, 0.25) is 0 Å². The summed E-state index contributed by atoms with van der Waals surface area (Å²) in [4.78, 5) is 31.1. The molecule has 0 aliphatic heterocycles. The van der Waals surface area contributed by atoms with E-state index in [4.69, 9.17) is 9.15 Å². The lowest BCUT2D eigenvalue weighted by Gasteiger charge is -2.10. The summed E-state index contributed by atoms with van der Waals surface area (Å²) in [5.41, 5.74) is 1.55. The topological polar surface area (TPSA) is 109 Å². The first-order chi connectivity index (χ1) is 14.1. The predicted octanol–water partition coefficient (Wildman–Crippen LogP) is 2.82. The van der Waals surface area contributed by atoms with Gasteiger partial charge in [0, 0.05) is 17.8 Å². The molecule has 12 heteroatoms. The van der Waals surface area contributed by atoms with Crippen LogP contribution in [0.3, 0.4) is 0 Å². The highest BCUT2D eigenvalue weighted by Crippen LogP contribution is 2.27. The SMILES string of the molecule is COC(=O)c1ccoc1COC(=O)CCc1c(C)nc2nc(C(F)(F)F)nn2c1C. The highest BCUT2D eigenvalue weighted by Gasteiger charge is 2.37. The van der Waals surface area contributed by atoms with Crippen LogP contribution in [0.5, 0.6) is 0 Å². The van der Waals surface area contributed by atoms with Crippen molar-refractivity contribution in [3.63, 3.8) is 0 Å². The van der Waals surface area contributed by atoms with Crippen LogP contribution >= 0.6 is 0 Å². The van der Waals surface area contributed by atoms with Crippen molar-refractivity contribution >= 4 is 17.7 Å². The van der Waals surface area contributed by atoms with Crippen molar-refractivity contribution in [3.8, 4) is 0 Å². The van der Waals surface area contributed by atoms with Gasteiger partial charge < -0.3 is 13.9 Å². The van der Waals surface area contributed by atoms with E-state index in [-0.39, 0.29) is 36.5 Å². The van der Waals surface area contributed by atoms with E-state index >= 15 is 0 Å². The third-order valence-corrected chi connectivity index (χ3v) is 4.40. The molecule has 3 heterocycles. The molecule has 3 aromatic rings. The molecular weight excluding hydrogens is 409 g/mol. The molecule has 30 heavy (non-hydrogen) atoms. The predicted molar refractivity (Wildman–Crippen MR) is 93.4 cm³/mol. The van der Waals surface area contributed by atoms with Crippen molar-refractivity contribution in [1.82, 2.24) is 19.6 Å². The van der Waals surface area contributed by atoms with E-state index in [1.165, 1.54) is 19.4 Å². The minimum Gasteiger partial charge on any atom is -0.465 e. The number of nitrogens with zero attached hydrogens (tertiary/aromatic N) is 4. The number of hydrogen-bond acceptors (Lipinski definition) is 8. The lowest BCUT2D eigenvalue weighted by molar-refractivity contribution is -0.145. The molecule has 0 saturated carbocycles. The number of esters is 2. The van der Waals surface area contributed by atoms with Gasteiger partial charge in [0.05, 0.1) is 13.4 Å². The summed E-state index contributed by atoms with van der Waals surface area (Å²) in [7, 11) is 1.22. The van der Waals surface area contributed by atoms with E-state index in [1.54, 1.807) is 13.8 Å². The van der Waals surface area contributed by atoms with Gasteiger partial charge in [-0.3, -0.25) is 4.79 Å². The maximum absolute atomic E-state index is 12.9. The Morgan fingerprint density at radius 1 is 1.23 bits per heavy atom. The zero-order valence-corrected chi connectivity index (χ0v) is 16.2. The fraction of sp³-hybridized carbons (Fsp3) is 0.389. The number of alkyl halides is 3. The van der Waals surface area contributed by atoms with E-state index in [0.717, 1.165) is 4.52 Å². The maximum Gasteiger partial charge on any atom is 0.453 e. The molecule has 0 spiro atoms. The number of aryl methyl sites for hydroxylation is 2. The number of methoxy groups -OCH3 is 1. The van der Waals surface area contributed by atoms with Gasteiger partial charge >= 0.3 is 18.1 Å². The average molecular weight is 426 g/mol. The molecule has 3 rings (SSSR count). The minimum absolute atomic E-state index is 0.0655. The first-order valence-electron chi connectivity index (χ1n) is 8.72. The van der Waals surface area contributed by atoms with Gasteiger partial charge in [-0.1, -0.05) is 0 Å². The molecule has 0 saturated heterocycles. The molecule has 0 radical (unpaired) electrons. The number of aromatic nitrogens is 4. The van der Waals surface area contributed by atoms with Crippen molar-refractivity contribution in [2.45, 2.75) is 39.5 Å². The van der Waals surface area contributed by atoms with Gasteiger partial charge in [-0.2, -0.15) is 18.2 Å². The Balaban J connectivity index is 1.69. The Bertz CT molecular complexity index is 1100. The summed E-state index contributed by atoms with van der Waals surface area (Å²) in [5.74, 6) is -2.51. The lowest BCUT2D eigenvalue weighted by atomic mass is 10.1. The number of carbonyl (C=O) groups is 2. The van der Waals surface area contributed by atoms with Crippen LogP contribution in [0.4, 0.5) is 13.2 Å². The highest BCUT2D eigenvalue weighted by atomic mass is 19.4. The van der Waals surface area contributed by atoms with E-state index in [9.17, 15) is 22.8 Å². The maximum atomic E-state index is 12.9. The fourth-order valence-electron chi connectivity index (χ4n) is 2.88. The summed E-state index contributed by atoms with van der Waals surface area (Å²) < 4.78 is 54.4. The Morgan fingerprint density at radius 2 is 1.97 bits per heavy atom. The summed E-state index contributed by atoms with van der Waals surface area (Å²) in [6.45, 7) is 2.92. The van der Waals surface area contributed by atoms with Crippen LogP contribution in [0.25, 0.3) is 5.78 Å². The minimum atomic E-state index is -4.69. The van der Waals surface area contributed by atoms with E-state index in [0.29, 0.717) is 17.0 Å². The molecule has 160 valence electrons. The van der Waals surface area contributed by atoms with Crippen LogP contribution in [-0.2, 0) is 33.5 Å². The van der Waals surface area contributed by atoms with E-state index in [2.05, 4.69) is 19.8 Å². The first kappa shape index (κ1) is 21.3. The van der Waals surface area contributed by atoms with Crippen molar-refractivity contribution in [2.75, 3.05) is 7.11 Å². The van der Waals surface area contributed by atoms with E-state index < -0.39 is 23.9 Å². The van der Waals surface area contributed by atoms with Gasteiger partial charge in [0.25, 0.3) is 11.6 Å². The zero-order chi connectivity index (χ0) is 22.1. The zero-order valence-electron chi connectivity index (χ0n) is 16.2. The van der Waals surface area contributed by atoms with Gasteiger partial charge in [-0.15, -0.1) is 5.10 Å². The van der Waals surface area contributed by atoms with Gasteiger partial charge in [0.15, 0.2) is 5.76 Å². The lowest BCUT2D eigenvalue weighted by Crippen LogP contribution is -2.11. The number of hydrogen-bond donors (Lipinski definition) is 0. The van der Waals surface area contributed by atoms with Crippen LogP contribution in [0.1, 0.15) is 45.3 Å². The molecule has 0 aliphatic rings. The van der Waals surface area contributed by atoms with Crippen molar-refractivity contribution in [1.29, 1.82) is 0 Å². The molecule has 0 aliphatic carbocycles. The first-order valence-corrected chi connectivity index (χ1v) is 8.72. The smallest absolute Gasteiger partial charge is 0.453 e. The molecule has 0 atom stereocenters. The quantitative estimate of drug-likeness (QED) is 0.554. The molecule has 0 aromatic carbocycles. The van der Waals surface area contributed by atoms with E-state index in [1.807, 2.05) is 0 Å². The molecule has 9 nitrogen and oxygen atoms in total. The van der Waals surface area contributed by atoms with Crippen LogP contribution in [0.15, 0.2) is 16.7 Å².